The van der Waals surface area contributed by atoms with E-state index in [4.69, 9.17) is 9.47 Å². The molecule has 17 heavy (non-hydrogen) atoms. The van der Waals surface area contributed by atoms with Crippen molar-refractivity contribution >= 4 is 5.82 Å². The lowest BCUT2D eigenvalue weighted by molar-refractivity contribution is 0.192. The smallest absolute Gasteiger partial charge is 0.218 e. The Bertz CT molecular complexity index is 308. The summed E-state index contributed by atoms with van der Waals surface area (Å²) in [5, 5.41) is 3.25. The first kappa shape index (κ1) is 13.7. The average Bonchev–Trinajstić information content (AvgIpc) is 2.35. The van der Waals surface area contributed by atoms with Crippen LogP contribution in [0.25, 0.3) is 0 Å². The second-order valence-corrected chi connectivity index (χ2v) is 3.65. The van der Waals surface area contributed by atoms with Crippen LogP contribution in [0.15, 0.2) is 12.4 Å². The lowest BCUT2D eigenvalue weighted by Gasteiger charge is -2.06. The van der Waals surface area contributed by atoms with Crippen LogP contribution in [-0.4, -0.2) is 36.8 Å². The predicted molar refractivity (Wildman–Crippen MR) is 67.4 cm³/mol. The number of hydrogen-bond donors (Lipinski definition) is 1. The molecule has 0 aliphatic rings. The molecule has 0 unspecified atom stereocenters. The van der Waals surface area contributed by atoms with Gasteiger partial charge in [0.15, 0.2) is 0 Å². The Morgan fingerprint density at radius 2 is 2.12 bits per heavy atom. The fraction of sp³-hybridized carbons (Fsp3) is 0.667. The first-order valence-electron chi connectivity index (χ1n) is 6.04. The van der Waals surface area contributed by atoms with E-state index >= 15 is 0 Å². The minimum Gasteiger partial charge on any atom is -0.478 e. The summed E-state index contributed by atoms with van der Waals surface area (Å²) < 4.78 is 10.3. The number of nitrogens with zero attached hydrogens (tertiary/aromatic N) is 2. The molecule has 1 N–H and O–H groups in total. The zero-order valence-corrected chi connectivity index (χ0v) is 10.6. The highest BCUT2D eigenvalue weighted by Crippen LogP contribution is 2.10. The largest absolute Gasteiger partial charge is 0.478 e. The Labute approximate surface area is 103 Å². The Morgan fingerprint density at radius 3 is 2.88 bits per heavy atom. The van der Waals surface area contributed by atoms with Crippen molar-refractivity contribution in [2.45, 2.75) is 26.2 Å². The number of ether oxygens (including phenoxy) is 2. The van der Waals surface area contributed by atoms with E-state index < -0.39 is 0 Å². The third kappa shape index (κ3) is 6.06. The van der Waals surface area contributed by atoms with Crippen molar-refractivity contribution in [3.8, 4) is 5.88 Å². The van der Waals surface area contributed by atoms with Crippen LogP contribution in [0.4, 0.5) is 5.82 Å². The summed E-state index contributed by atoms with van der Waals surface area (Å²) in [6, 6.07) is 1.82. The molecule has 0 aromatic carbocycles. The van der Waals surface area contributed by atoms with E-state index in [9.17, 15) is 0 Å². The Hall–Kier alpha value is -1.36. The van der Waals surface area contributed by atoms with Crippen molar-refractivity contribution in [1.82, 2.24) is 9.97 Å². The highest BCUT2D eigenvalue weighted by molar-refractivity contribution is 5.36. The van der Waals surface area contributed by atoms with E-state index in [1.807, 2.05) is 13.0 Å². The molecule has 0 radical (unpaired) electrons. The molecule has 96 valence electrons. The number of hydrogen-bond acceptors (Lipinski definition) is 5. The van der Waals surface area contributed by atoms with E-state index in [-0.39, 0.29) is 0 Å². The molecule has 0 spiro atoms. The molecule has 5 heteroatoms. The SMILES string of the molecule is CCOc1cc(NCCCCCOC)ncn1. The number of nitrogens with one attached hydrogen (secondary N) is 1. The molecule has 1 aromatic heterocycles. The number of methoxy groups -OCH3 is 1. The van der Waals surface area contributed by atoms with Crippen LogP contribution in [0.5, 0.6) is 5.88 Å². The van der Waals surface area contributed by atoms with Gasteiger partial charge in [-0.2, -0.15) is 0 Å². The van der Waals surface area contributed by atoms with E-state index in [1.165, 1.54) is 6.33 Å². The summed E-state index contributed by atoms with van der Waals surface area (Å²) in [6.07, 6.45) is 4.88. The van der Waals surface area contributed by atoms with Gasteiger partial charge >= 0.3 is 0 Å². The standard InChI is InChI=1S/C12H21N3O2/c1-3-17-12-9-11(14-10-15-12)13-7-5-4-6-8-16-2/h9-10H,3-8H2,1-2H3,(H,13,14,15). The van der Waals surface area contributed by atoms with E-state index in [0.29, 0.717) is 12.5 Å². The van der Waals surface area contributed by atoms with Crippen molar-refractivity contribution in [2.75, 3.05) is 32.2 Å². The first-order chi connectivity index (χ1) is 8.36. The summed E-state index contributed by atoms with van der Waals surface area (Å²) in [5.41, 5.74) is 0. The molecular formula is C12H21N3O2. The van der Waals surface area contributed by atoms with Gasteiger partial charge in [-0.25, -0.2) is 9.97 Å². The average molecular weight is 239 g/mol. The number of anilines is 1. The molecule has 0 bridgehead atoms. The quantitative estimate of drug-likeness (QED) is 0.669. The topological polar surface area (TPSA) is 56.3 Å². The molecule has 1 heterocycles. The van der Waals surface area contributed by atoms with Crippen LogP contribution in [0.3, 0.4) is 0 Å². The molecule has 1 rings (SSSR count). The van der Waals surface area contributed by atoms with Crippen LogP contribution in [0.1, 0.15) is 26.2 Å². The molecular weight excluding hydrogens is 218 g/mol. The molecule has 0 atom stereocenters. The van der Waals surface area contributed by atoms with Gasteiger partial charge in [0, 0.05) is 26.3 Å². The van der Waals surface area contributed by atoms with Gasteiger partial charge in [-0.05, 0) is 26.2 Å². The van der Waals surface area contributed by atoms with Gasteiger partial charge in [-0.1, -0.05) is 0 Å². The maximum absolute atomic E-state index is 5.30. The van der Waals surface area contributed by atoms with Crippen molar-refractivity contribution < 1.29 is 9.47 Å². The maximum Gasteiger partial charge on any atom is 0.218 e. The van der Waals surface area contributed by atoms with Crippen molar-refractivity contribution in [1.29, 1.82) is 0 Å². The van der Waals surface area contributed by atoms with Gasteiger partial charge in [-0.3, -0.25) is 0 Å². The van der Waals surface area contributed by atoms with Crippen LogP contribution < -0.4 is 10.1 Å². The lowest BCUT2D eigenvalue weighted by atomic mass is 10.2. The van der Waals surface area contributed by atoms with Crippen LogP contribution >= 0.6 is 0 Å². The van der Waals surface area contributed by atoms with Crippen LogP contribution in [-0.2, 0) is 4.74 Å². The highest BCUT2D eigenvalue weighted by Gasteiger charge is 1.98. The van der Waals surface area contributed by atoms with Gasteiger partial charge in [0.05, 0.1) is 6.61 Å². The van der Waals surface area contributed by atoms with Gasteiger partial charge in [0.2, 0.25) is 5.88 Å². The van der Waals surface area contributed by atoms with Crippen molar-refractivity contribution in [2.24, 2.45) is 0 Å². The lowest BCUT2D eigenvalue weighted by Crippen LogP contribution is -2.05. The summed E-state index contributed by atoms with van der Waals surface area (Å²) in [4.78, 5) is 8.14. The van der Waals surface area contributed by atoms with Gasteiger partial charge in [-0.15, -0.1) is 0 Å². The normalized spacial score (nSPS) is 10.2. The fourth-order valence-electron chi connectivity index (χ4n) is 1.43. The van der Waals surface area contributed by atoms with Crippen LogP contribution in [0, 0.1) is 0 Å². The summed E-state index contributed by atoms with van der Waals surface area (Å²) >= 11 is 0. The molecule has 0 fully saturated rings. The van der Waals surface area contributed by atoms with Crippen molar-refractivity contribution in [3.63, 3.8) is 0 Å². The monoisotopic (exact) mass is 239 g/mol. The fourth-order valence-corrected chi connectivity index (χ4v) is 1.43. The van der Waals surface area contributed by atoms with Gasteiger partial charge < -0.3 is 14.8 Å². The number of unbranched alkanes of at least 4 members (excludes halogenated alkanes) is 2. The second kappa shape index (κ2) is 8.75. The molecule has 0 amide bonds. The summed E-state index contributed by atoms with van der Waals surface area (Å²) in [7, 11) is 1.73. The zero-order valence-electron chi connectivity index (χ0n) is 10.6. The highest BCUT2D eigenvalue weighted by atomic mass is 16.5. The molecule has 0 aliphatic carbocycles. The number of aromatic nitrogens is 2. The third-order valence-corrected chi connectivity index (χ3v) is 2.27. The maximum atomic E-state index is 5.30. The minimum atomic E-state index is 0.615. The molecule has 0 saturated heterocycles. The van der Waals surface area contributed by atoms with Gasteiger partial charge in [0.1, 0.15) is 12.1 Å². The van der Waals surface area contributed by atoms with E-state index in [1.54, 1.807) is 7.11 Å². The Balaban J connectivity index is 2.19. The minimum absolute atomic E-state index is 0.615. The van der Waals surface area contributed by atoms with Crippen LogP contribution in [0.2, 0.25) is 0 Å². The predicted octanol–water partition coefficient (Wildman–Crippen LogP) is 2.10. The molecule has 1 aromatic rings. The van der Waals surface area contributed by atoms with Crippen molar-refractivity contribution in [3.05, 3.63) is 12.4 Å². The molecule has 5 nitrogen and oxygen atoms in total. The second-order valence-electron chi connectivity index (χ2n) is 3.65. The summed E-state index contributed by atoms with van der Waals surface area (Å²) in [5.74, 6) is 1.43. The van der Waals surface area contributed by atoms with E-state index in [0.717, 1.165) is 38.2 Å². The Kier molecular flexibility index (Phi) is 7.06. The third-order valence-electron chi connectivity index (χ3n) is 2.27. The molecule has 0 saturated carbocycles. The summed E-state index contributed by atoms with van der Waals surface area (Å²) in [6.45, 7) is 4.30. The Morgan fingerprint density at radius 1 is 1.24 bits per heavy atom. The van der Waals surface area contributed by atoms with E-state index in [2.05, 4.69) is 15.3 Å². The zero-order chi connectivity index (χ0) is 12.3. The first-order valence-corrected chi connectivity index (χ1v) is 6.04. The molecule has 0 aliphatic heterocycles. The number of rotatable bonds is 9. The van der Waals surface area contributed by atoms with Gasteiger partial charge in [0.25, 0.3) is 0 Å².